The Labute approximate surface area is 107 Å². The molecule has 0 aliphatic heterocycles. The van der Waals surface area contributed by atoms with Crippen LogP contribution < -0.4 is 4.90 Å². The van der Waals surface area contributed by atoms with Crippen molar-refractivity contribution in [1.82, 2.24) is 4.98 Å². The lowest BCUT2D eigenvalue weighted by Crippen LogP contribution is -2.21. The number of aromatic nitrogens is 1. The first-order chi connectivity index (χ1) is 7.50. The lowest BCUT2D eigenvalue weighted by Gasteiger charge is -2.20. The Kier molecular flexibility index (Phi) is 5.26. The number of pyridine rings is 1. The Morgan fingerprint density at radius 2 is 2.12 bits per heavy atom. The summed E-state index contributed by atoms with van der Waals surface area (Å²) < 4.78 is 1.05. The van der Waals surface area contributed by atoms with Gasteiger partial charge in [-0.25, -0.2) is 4.98 Å². The fraction of sp³-hybridized carbons (Fsp3) is 0.615. The summed E-state index contributed by atoms with van der Waals surface area (Å²) in [4.78, 5) is 6.69. The van der Waals surface area contributed by atoms with E-state index in [0.717, 1.165) is 22.8 Å². The topological polar surface area (TPSA) is 16.1 Å². The Hall–Kier alpha value is -0.570. The average Bonchev–Trinajstić information content (AvgIpc) is 2.16. The summed E-state index contributed by atoms with van der Waals surface area (Å²) in [5, 5.41) is 0. The van der Waals surface area contributed by atoms with Crippen LogP contribution in [0.4, 0.5) is 5.82 Å². The van der Waals surface area contributed by atoms with E-state index < -0.39 is 0 Å². The van der Waals surface area contributed by atoms with Crippen LogP contribution >= 0.6 is 15.9 Å². The Bertz CT molecular complexity index is 337. The molecule has 0 spiro atoms. The molecule has 16 heavy (non-hydrogen) atoms. The molecule has 0 N–H and O–H groups in total. The normalized spacial score (nSPS) is 10.9. The van der Waals surface area contributed by atoms with Gasteiger partial charge < -0.3 is 4.90 Å². The second-order valence-corrected chi connectivity index (χ2v) is 5.67. The molecule has 1 aromatic rings. The molecular formula is C13H21BrN2. The molecule has 1 rings (SSSR count). The van der Waals surface area contributed by atoms with E-state index in [4.69, 9.17) is 0 Å². The molecule has 1 heterocycles. The number of anilines is 1. The number of nitrogens with zero attached hydrogens (tertiary/aromatic N) is 2. The van der Waals surface area contributed by atoms with Gasteiger partial charge in [0.05, 0.1) is 0 Å². The highest BCUT2D eigenvalue weighted by molar-refractivity contribution is 9.10. The molecule has 0 bridgehead atoms. The lowest BCUT2D eigenvalue weighted by atomic mass is 10.1. The Morgan fingerprint density at radius 3 is 2.69 bits per heavy atom. The minimum absolute atomic E-state index is 0.785. The van der Waals surface area contributed by atoms with Gasteiger partial charge in [0.2, 0.25) is 0 Å². The quantitative estimate of drug-likeness (QED) is 0.812. The average molecular weight is 285 g/mol. The van der Waals surface area contributed by atoms with Crippen LogP contribution in [-0.4, -0.2) is 18.6 Å². The zero-order valence-corrected chi connectivity index (χ0v) is 12.2. The number of hydrogen-bond acceptors (Lipinski definition) is 2. The van der Waals surface area contributed by atoms with Crippen molar-refractivity contribution < 1.29 is 0 Å². The Morgan fingerprint density at radius 1 is 1.44 bits per heavy atom. The first kappa shape index (κ1) is 13.5. The van der Waals surface area contributed by atoms with Gasteiger partial charge in [-0.3, -0.25) is 0 Å². The molecule has 3 heteroatoms. The van der Waals surface area contributed by atoms with E-state index >= 15 is 0 Å². The van der Waals surface area contributed by atoms with E-state index in [2.05, 4.69) is 59.7 Å². The maximum atomic E-state index is 4.45. The van der Waals surface area contributed by atoms with Crippen LogP contribution in [0.25, 0.3) is 0 Å². The van der Waals surface area contributed by atoms with Crippen LogP contribution in [-0.2, 0) is 0 Å². The van der Waals surface area contributed by atoms with Crippen LogP contribution in [0.1, 0.15) is 32.3 Å². The van der Waals surface area contributed by atoms with E-state index in [1.807, 2.05) is 6.20 Å². The van der Waals surface area contributed by atoms with Crippen LogP contribution in [0.5, 0.6) is 0 Å². The maximum Gasteiger partial charge on any atom is 0.131 e. The second kappa shape index (κ2) is 6.24. The number of aryl methyl sites for hydroxylation is 1. The van der Waals surface area contributed by atoms with Gasteiger partial charge in [-0.15, -0.1) is 0 Å². The van der Waals surface area contributed by atoms with Gasteiger partial charge in [0.25, 0.3) is 0 Å². The van der Waals surface area contributed by atoms with E-state index in [0.29, 0.717) is 0 Å². The maximum absolute atomic E-state index is 4.45. The summed E-state index contributed by atoms with van der Waals surface area (Å²) >= 11 is 3.44. The Balaban J connectivity index is 2.55. The van der Waals surface area contributed by atoms with Crippen LogP contribution in [0.2, 0.25) is 0 Å². The van der Waals surface area contributed by atoms with E-state index in [1.165, 1.54) is 18.4 Å². The fourth-order valence-corrected chi connectivity index (χ4v) is 2.22. The molecule has 0 saturated carbocycles. The zero-order valence-electron chi connectivity index (χ0n) is 10.6. The molecule has 0 unspecified atom stereocenters. The van der Waals surface area contributed by atoms with Gasteiger partial charge in [-0.05, 0) is 53.2 Å². The van der Waals surface area contributed by atoms with Gasteiger partial charge in [0.15, 0.2) is 0 Å². The molecule has 0 aliphatic carbocycles. The van der Waals surface area contributed by atoms with Crippen molar-refractivity contribution in [3.05, 3.63) is 22.3 Å². The molecule has 1 aromatic heterocycles. The van der Waals surface area contributed by atoms with Gasteiger partial charge >= 0.3 is 0 Å². The van der Waals surface area contributed by atoms with Crippen LogP contribution in [0, 0.1) is 12.8 Å². The van der Waals surface area contributed by atoms with E-state index in [-0.39, 0.29) is 0 Å². The smallest absolute Gasteiger partial charge is 0.131 e. The highest BCUT2D eigenvalue weighted by atomic mass is 79.9. The van der Waals surface area contributed by atoms with Crippen molar-refractivity contribution in [2.45, 2.75) is 33.6 Å². The van der Waals surface area contributed by atoms with Gasteiger partial charge in [0.1, 0.15) is 5.82 Å². The molecule has 0 fully saturated rings. The van der Waals surface area contributed by atoms with Crippen molar-refractivity contribution in [2.24, 2.45) is 5.92 Å². The highest BCUT2D eigenvalue weighted by Gasteiger charge is 2.06. The fourth-order valence-electron chi connectivity index (χ4n) is 1.78. The molecule has 0 radical (unpaired) electrons. The number of halogens is 1. The monoisotopic (exact) mass is 284 g/mol. The number of rotatable bonds is 5. The predicted octanol–water partition coefficient (Wildman–Crippen LogP) is 4.02. The molecular weight excluding hydrogens is 264 g/mol. The minimum atomic E-state index is 0.785. The number of hydrogen-bond donors (Lipinski definition) is 0. The van der Waals surface area contributed by atoms with Crippen LogP contribution in [0.3, 0.4) is 0 Å². The summed E-state index contributed by atoms with van der Waals surface area (Å²) in [6, 6.07) is 2.11. The standard InChI is InChI=1S/C13H21BrN2/c1-10(2)6-5-7-16(4)13-11(3)8-12(14)9-15-13/h8-10H,5-7H2,1-4H3. The first-order valence-electron chi connectivity index (χ1n) is 5.84. The van der Waals surface area contributed by atoms with Gasteiger partial charge in [-0.2, -0.15) is 0 Å². The predicted molar refractivity (Wildman–Crippen MR) is 74.0 cm³/mol. The molecule has 2 nitrogen and oxygen atoms in total. The van der Waals surface area contributed by atoms with Crippen molar-refractivity contribution in [1.29, 1.82) is 0 Å². The van der Waals surface area contributed by atoms with Crippen molar-refractivity contribution in [2.75, 3.05) is 18.5 Å². The highest BCUT2D eigenvalue weighted by Crippen LogP contribution is 2.20. The van der Waals surface area contributed by atoms with E-state index in [9.17, 15) is 0 Å². The molecule has 90 valence electrons. The molecule has 0 amide bonds. The first-order valence-corrected chi connectivity index (χ1v) is 6.63. The largest absolute Gasteiger partial charge is 0.359 e. The van der Waals surface area contributed by atoms with Crippen LogP contribution in [0.15, 0.2) is 16.7 Å². The molecule has 0 aromatic carbocycles. The lowest BCUT2D eigenvalue weighted by molar-refractivity contribution is 0.555. The zero-order chi connectivity index (χ0) is 12.1. The third-order valence-corrected chi connectivity index (χ3v) is 3.09. The van der Waals surface area contributed by atoms with Crippen molar-refractivity contribution >= 4 is 21.7 Å². The van der Waals surface area contributed by atoms with E-state index in [1.54, 1.807) is 0 Å². The summed E-state index contributed by atoms with van der Waals surface area (Å²) in [5.74, 6) is 1.87. The van der Waals surface area contributed by atoms with Crippen molar-refractivity contribution in [3.8, 4) is 0 Å². The minimum Gasteiger partial charge on any atom is -0.359 e. The third kappa shape index (κ3) is 4.12. The summed E-state index contributed by atoms with van der Waals surface area (Å²) in [6.45, 7) is 7.71. The van der Waals surface area contributed by atoms with Crippen molar-refractivity contribution in [3.63, 3.8) is 0 Å². The third-order valence-electron chi connectivity index (χ3n) is 2.65. The molecule has 0 atom stereocenters. The summed E-state index contributed by atoms with van der Waals surface area (Å²) in [5.41, 5.74) is 1.22. The molecule has 0 aliphatic rings. The molecule has 0 saturated heterocycles. The van der Waals surface area contributed by atoms with Gasteiger partial charge in [0, 0.05) is 24.3 Å². The summed E-state index contributed by atoms with van der Waals surface area (Å²) in [6.07, 6.45) is 4.37. The SMILES string of the molecule is Cc1cc(Br)cnc1N(C)CCCC(C)C. The summed E-state index contributed by atoms with van der Waals surface area (Å²) in [7, 11) is 2.11. The second-order valence-electron chi connectivity index (χ2n) is 4.75. The van der Waals surface area contributed by atoms with Gasteiger partial charge in [-0.1, -0.05) is 13.8 Å².